The molecule has 0 spiro atoms. The van der Waals surface area contributed by atoms with Crippen LogP contribution in [-0.4, -0.2) is 25.0 Å². The second-order valence-corrected chi connectivity index (χ2v) is 6.23. The molecule has 0 unspecified atom stereocenters. The van der Waals surface area contributed by atoms with E-state index in [4.69, 9.17) is 9.57 Å². The van der Waals surface area contributed by atoms with E-state index in [0.717, 1.165) is 18.0 Å². The SMILES string of the molecule is C=C(NOCc1ccccc1C(=NSC)C(=O)OC)c1ccccc1C(F)(F)F. The summed E-state index contributed by atoms with van der Waals surface area (Å²) in [5.41, 5.74) is 2.67. The molecular weight excluding hydrogens is 405 g/mol. The molecule has 29 heavy (non-hydrogen) atoms. The van der Waals surface area contributed by atoms with Crippen molar-refractivity contribution in [2.45, 2.75) is 12.8 Å². The van der Waals surface area contributed by atoms with Crippen LogP contribution in [0.1, 0.15) is 22.3 Å². The number of ether oxygens (including phenoxy) is 1. The van der Waals surface area contributed by atoms with Crippen molar-refractivity contribution >= 4 is 29.3 Å². The van der Waals surface area contributed by atoms with E-state index in [1.165, 1.54) is 25.3 Å². The summed E-state index contributed by atoms with van der Waals surface area (Å²) in [6, 6.07) is 11.9. The molecule has 0 radical (unpaired) electrons. The zero-order valence-electron chi connectivity index (χ0n) is 15.7. The minimum atomic E-state index is -4.52. The second kappa shape index (κ2) is 10.1. The fraction of sp³-hybridized carbons (Fsp3) is 0.200. The first-order valence-corrected chi connectivity index (χ1v) is 9.48. The summed E-state index contributed by atoms with van der Waals surface area (Å²) in [7, 11) is 1.25. The quantitative estimate of drug-likeness (QED) is 0.290. The summed E-state index contributed by atoms with van der Waals surface area (Å²) in [4.78, 5) is 17.4. The third-order valence-corrected chi connectivity index (χ3v) is 4.18. The lowest BCUT2D eigenvalue weighted by Gasteiger charge is -2.16. The highest BCUT2D eigenvalue weighted by molar-refractivity contribution is 7.97. The third-order valence-electron chi connectivity index (χ3n) is 3.81. The molecule has 1 N–H and O–H groups in total. The maximum absolute atomic E-state index is 13.2. The van der Waals surface area contributed by atoms with Crippen LogP contribution in [0.25, 0.3) is 5.70 Å². The van der Waals surface area contributed by atoms with Crippen LogP contribution < -0.4 is 5.48 Å². The Balaban J connectivity index is 2.16. The van der Waals surface area contributed by atoms with Gasteiger partial charge in [-0.1, -0.05) is 49.0 Å². The topological polar surface area (TPSA) is 59.9 Å². The number of carbonyl (C=O) groups is 1. The van der Waals surface area contributed by atoms with Crippen molar-refractivity contribution in [3.05, 3.63) is 77.4 Å². The number of hydrogen-bond acceptors (Lipinski definition) is 6. The molecule has 0 amide bonds. The molecular formula is C20H19F3N2O3S. The van der Waals surface area contributed by atoms with E-state index in [-0.39, 0.29) is 23.6 Å². The molecule has 9 heteroatoms. The lowest BCUT2D eigenvalue weighted by molar-refractivity contribution is -0.138. The van der Waals surface area contributed by atoms with E-state index < -0.39 is 17.7 Å². The maximum Gasteiger partial charge on any atom is 0.417 e. The lowest BCUT2D eigenvalue weighted by Crippen LogP contribution is -2.20. The number of methoxy groups -OCH3 is 1. The van der Waals surface area contributed by atoms with Crippen molar-refractivity contribution in [1.82, 2.24) is 5.48 Å². The van der Waals surface area contributed by atoms with Gasteiger partial charge in [-0.25, -0.2) is 9.19 Å². The highest BCUT2D eigenvalue weighted by Crippen LogP contribution is 2.33. The van der Waals surface area contributed by atoms with Gasteiger partial charge in [0.15, 0.2) is 5.71 Å². The van der Waals surface area contributed by atoms with Crippen LogP contribution in [0.15, 0.2) is 59.5 Å². The number of alkyl halides is 3. The Bertz CT molecular complexity index is 914. The average molecular weight is 424 g/mol. The van der Waals surface area contributed by atoms with Crippen molar-refractivity contribution in [2.24, 2.45) is 4.40 Å². The molecule has 154 valence electrons. The van der Waals surface area contributed by atoms with Crippen LogP contribution in [0.4, 0.5) is 13.2 Å². The van der Waals surface area contributed by atoms with Crippen molar-refractivity contribution in [3.8, 4) is 0 Å². The molecule has 2 rings (SSSR count). The molecule has 0 saturated heterocycles. The predicted octanol–water partition coefficient (Wildman–Crippen LogP) is 4.64. The Labute approximate surface area is 170 Å². The molecule has 0 aliphatic carbocycles. The number of nitrogens with one attached hydrogen (secondary N) is 1. The van der Waals surface area contributed by atoms with E-state index in [1.807, 2.05) is 0 Å². The van der Waals surface area contributed by atoms with Crippen LogP contribution in [-0.2, 0) is 27.2 Å². The van der Waals surface area contributed by atoms with E-state index in [9.17, 15) is 18.0 Å². The smallest absolute Gasteiger partial charge is 0.417 e. The molecule has 2 aromatic carbocycles. The Morgan fingerprint density at radius 3 is 2.38 bits per heavy atom. The van der Waals surface area contributed by atoms with Crippen LogP contribution >= 0.6 is 11.9 Å². The summed E-state index contributed by atoms with van der Waals surface area (Å²) in [5.74, 6) is -0.608. The Morgan fingerprint density at radius 2 is 1.76 bits per heavy atom. The molecule has 0 heterocycles. The monoisotopic (exact) mass is 424 g/mol. The van der Waals surface area contributed by atoms with Crippen LogP contribution in [0, 0.1) is 0 Å². The van der Waals surface area contributed by atoms with Crippen LogP contribution in [0.5, 0.6) is 0 Å². The average Bonchev–Trinajstić information content (AvgIpc) is 2.71. The van der Waals surface area contributed by atoms with Crippen LogP contribution in [0.2, 0.25) is 0 Å². The number of hydroxylamine groups is 1. The molecule has 0 aliphatic heterocycles. The number of nitrogens with zero attached hydrogens (tertiary/aromatic N) is 1. The molecule has 0 aromatic heterocycles. The van der Waals surface area contributed by atoms with Crippen molar-refractivity contribution in [2.75, 3.05) is 13.4 Å². The number of esters is 1. The summed E-state index contributed by atoms with van der Waals surface area (Å²) >= 11 is 1.10. The predicted molar refractivity (Wildman–Crippen MR) is 107 cm³/mol. The van der Waals surface area contributed by atoms with Gasteiger partial charge in [0.2, 0.25) is 0 Å². The highest BCUT2D eigenvalue weighted by Gasteiger charge is 2.33. The molecule has 0 fully saturated rings. The van der Waals surface area contributed by atoms with Gasteiger partial charge in [-0.15, -0.1) is 0 Å². The highest BCUT2D eigenvalue weighted by atomic mass is 32.2. The van der Waals surface area contributed by atoms with E-state index in [1.54, 1.807) is 30.5 Å². The molecule has 5 nitrogen and oxygen atoms in total. The third kappa shape index (κ3) is 5.85. The normalized spacial score (nSPS) is 11.8. The van der Waals surface area contributed by atoms with Gasteiger partial charge in [-0.05, 0) is 23.6 Å². The summed E-state index contributed by atoms with van der Waals surface area (Å²) in [6.07, 6.45) is -2.82. The zero-order valence-corrected chi connectivity index (χ0v) is 16.6. The first kappa shape index (κ1) is 22.5. The van der Waals surface area contributed by atoms with E-state index in [2.05, 4.69) is 16.5 Å². The molecule has 0 saturated carbocycles. The molecule has 0 aliphatic rings. The molecule has 2 aromatic rings. The van der Waals surface area contributed by atoms with Gasteiger partial charge in [-0.2, -0.15) is 13.2 Å². The fourth-order valence-electron chi connectivity index (χ4n) is 2.51. The van der Waals surface area contributed by atoms with E-state index in [0.29, 0.717) is 11.1 Å². The number of benzene rings is 2. The van der Waals surface area contributed by atoms with Gasteiger partial charge in [0, 0.05) is 17.4 Å². The van der Waals surface area contributed by atoms with Crippen molar-refractivity contribution in [3.63, 3.8) is 0 Å². The minimum Gasteiger partial charge on any atom is -0.464 e. The second-order valence-electron chi connectivity index (χ2n) is 5.68. The zero-order chi connectivity index (χ0) is 21.4. The number of carbonyl (C=O) groups excluding carboxylic acids is 1. The number of halogens is 3. The number of hydrogen-bond donors (Lipinski definition) is 1. The van der Waals surface area contributed by atoms with Crippen molar-refractivity contribution < 1.29 is 27.5 Å². The van der Waals surface area contributed by atoms with Gasteiger partial charge in [0.05, 0.1) is 18.4 Å². The Kier molecular flexibility index (Phi) is 7.86. The van der Waals surface area contributed by atoms with Crippen molar-refractivity contribution in [1.29, 1.82) is 0 Å². The van der Waals surface area contributed by atoms with Gasteiger partial charge in [0.25, 0.3) is 0 Å². The number of rotatable bonds is 8. The molecule has 0 bridgehead atoms. The van der Waals surface area contributed by atoms with Gasteiger partial charge < -0.3 is 4.74 Å². The van der Waals surface area contributed by atoms with Gasteiger partial charge in [0.1, 0.15) is 6.61 Å². The van der Waals surface area contributed by atoms with Gasteiger partial charge in [-0.3, -0.25) is 10.3 Å². The van der Waals surface area contributed by atoms with Gasteiger partial charge >= 0.3 is 12.1 Å². The summed E-state index contributed by atoms with van der Waals surface area (Å²) < 4.78 is 48.3. The minimum absolute atomic E-state index is 0.0404. The molecule has 0 atom stereocenters. The van der Waals surface area contributed by atoms with Crippen LogP contribution in [0.3, 0.4) is 0 Å². The maximum atomic E-state index is 13.2. The lowest BCUT2D eigenvalue weighted by atomic mass is 10.0. The summed E-state index contributed by atoms with van der Waals surface area (Å²) in [6.45, 7) is 3.57. The first-order chi connectivity index (χ1) is 13.8. The standard InChI is InChI=1S/C20H19F3N2O3S/c1-13(15-9-6-7-11-17(15)20(21,22)23)24-28-12-14-8-4-5-10-16(14)18(25-29-3)19(26)27-2/h4-11,24H,1,12H2,2-3H3. The Hall–Kier alpha value is -2.78. The Morgan fingerprint density at radius 1 is 1.14 bits per heavy atom. The summed E-state index contributed by atoms with van der Waals surface area (Å²) in [5, 5.41) is 0. The first-order valence-electron chi connectivity index (χ1n) is 8.30. The van der Waals surface area contributed by atoms with E-state index >= 15 is 0 Å². The largest absolute Gasteiger partial charge is 0.464 e. The fourth-order valence-corrected chi connectivity index (χ4v) is 2.87.